The van der Waals surface area contributed by atoms with Gasteiger partial charge in [0.05, 0.1) is 0 Å². The number of nitrogens with one attached hydrogen (secondary N) is 1. The second kappa shape index (κ2) is 7.94. The van der Waals surface area contributed by atoms with Crippen molar-refractivity contribution in [3.05, 3.63) is 28.8 Å². The molecule has 0 aromatic heterocycles. The fraction of sp³-hybridized carbons (Fsp3) is 0.636. The second-order valence-electron chi connectivity index (χ2n) is 9.05. The molecule has 0 aliphatic heterocycles. The van der Waals surface area contributed by atoms with Gasteiger partial charge in [-0.3, -0.25) is 4.79 Å². The molecule has 1 N–H and O–H groups in total. The van der Waals surface area contributed by atoms with Crippen molar-refractivity contribution in [2.75, 3.05) is 19.8 Å². The Hall–Kier alpha value is -1.75. The van der Waals surface area contributed by atoms with Crippen LogP contribution in [0.2, 0.25) is 5.02 Å². The molecule has 0 spiro atoms. The van der Waals surface area contributed by atoms with Crippen molar-refractivity contribution in [1.82, 2.24) is 5.32 Å². The molecule has 0 unspecified atom stereocenters. The summed E-state index contributed by atoms with van der Waals surface area (Å²) >= 11 is 5.96. The standard InChI is InChI=1S/C22H28ClNO4/c1-14-4-18(2-3-19(14)23)27-12-21(26)28-11-20(25)24-13-22-8-15-5-16(9-22)7-17(6-15)10-22/h2-4,15-17H,5-13H2,1H3,(H,24,25). The van der Waals surface area contributed by atoms with Gasteiger partial charge in [-0.2, -0.15) is 0 Å². The molecule has 4 aliphatic carbocycles. The molecule has 4 bridgehead atoms. The van der Waals surface area contributed by atoms with Crippen LogP contribution in [0.5, 0.6) is 5.75 Å². The van der Waals surface area contributed by atoms with Gasteiger partial charge >= 0.3 is 5.97 Å². The fourth-order valence-corrected chi connectivity index (χ4v) is 6.00. The highest BCUT2D eigenvalue weighted by atomic mass is 35.5. The molecule has 5 nitrogen and oxygen atoms in total. The van der Waals surface area contributed by atoms with E-state index in [9.17, 15) is 9.59 Å². The zero-order valence-electron chi connectivity index (χ0n) is 16.3. The number of esters is 1. The molecule has 0 atom stereocenters. The summed E-state index contributed by atoms with van der Waals surface area (Å²) in [6, 6.07) is 5.17. The fourth-order valence-electron chi connectivity index (χ4n) is 5.88. The van der Waals surface area contributed by atoms with Crippen molar-refractivity contribution in [3.8, 4) is 5.75 Å². The van der Waals surface area contributed by atoms with Crippen molar-refractivity contribution < 1.29 is 19.1 Å². The third-order valence-electron chi connectivity index (χ3n) is 6.68. The molecule has 28 heavy (non-hydrogen) atoms. The van der Waals surface area contributed by atoms with Crippen LogP contribution in [0.25, 0.3) is 0 Å². The molecule has 1 amide bonds. The van der Waals surface area contributed by atoms with Gasteiger partial charge in [0.15, 0.2) is 13.2 Å². The maximum Gasteiger partial charge on any atom is 0.344 e. The third kappa shape index (κ3) is 4.45. The molecule has 152 valence electrons. The van der Waals surface area contributed by atoms with E-state index < -0.39 is 5.97 Å². The summed E-state index contributed by atoms with van der Waals surface area (Å²) in [5.41, 5.74) is 1.15. The lowest BCUT2D eigenvalue weighted by Gasteiger charge is -2.56. The van der Waals surface area contributed by atoms with E-state index in [-0.39, 0.29) is 24.5 Å². The van der Waals surface area contributed by atoms with Crippen LogP contribution in [0.4, 0.5) is 0 Å². The van der Waals surface area contributed by atoms with Gasteiger partial charge in [0.1, 0.15) is 5.75 Å². The zero-order chi connectivity index (χ0) is 19.7. The number of hydrogen-bond acceptors (Lipinski definition) is 4. The maximum atomic E-state index is 12.2. The van der Waals surface area contributed by atoms with Crippen LogP contribution in [0, 0.1) is 30.1 Å². The summed E-state index contributed by atoms with van der Waals surface area (Å²) in [5, 5.41) is 3.65. The predicted molar refractivity (Wildman–Crippen MR) is 106 cm³/mol. The summed E-state index contributed by atoms with van der Waals surface area (Å²) in [6.07, 6.45) is 7.89. The third-order valence-corrected chi connectivity index (χ3v) is 7.10. The monoisotopic (exact) mass is 405 g/mol. The quantitative estimate of drug-likeness (QED) is 0.698. The molecule has 0 radical (unpaired) electrons. The Labute approximate surface area is 171 Å². The van der Waals surface area contributed by atoms with Gasteiger partial charge in [0, 0.05) is 11.6 Å². The van der Waals surface area contributed by atoms with Gasteiger partial charge in [-0.25, -0.2) is 4.79 Å². The first kappa shape index (κ1) is 19.6. The number of carbonyl (C=O) groups excluding carboxylic acids is 2. The SMILES string of the molecule is Cc1cc(OCC(=O)OCC(=O)NCC23CC4CC(CC(C4)C2)C3)ccc1Cl. The van der Waals surface area contributed by atoms with E-state index in [0.717, 1.165) is 23.3 Å². The topological polar surface area (TPSA) is 64.6 Å². The van der Waals surface area contributed by atoms with E-state index in [0.29, 0.717) is 17.3 Å². The van der Waals surface area contributed by atoms with Gasteiger partial charge in [0.2, 0.25) is 0 Å². The highest BCUT2D eigenvalue weighted by molar-refractivity contribution is 6.31. The molecule has 5 rings (SSSR count). The average molecular weight is 406 g/mol. The number of hydrogen-bond donors (Lipinski definition) is 1. The average Bonchev–Trinajstić information content (AvgIpc) is 2.64. The van der Waals surface area contributed by atoms with Crippen LogP contribution < -0.4 is 10.1 Å². The van der Waals surface area contributed by atoms with Crippen molar-refractivity contribution in [3.63, 3.8) is 0 Å². The Balaban J connectivity index is 1.17. The van der Waals surface area contributed by atoms with E-state index >= 15 is 0 Å². The highest BCUT2D eigenvalue weighted by Gasteiger charge is 2.50. The number of aryl methyl sites for hydroxylation is 1. The Kier molecular flexibility index (Phi) is 5.55. The summed E-state index contributed by atoms with van der Waals surface area (Å²) in [6.45, 7) is 2.09. The van der Waals surface area contributed by atoms with Gasteiger partial charge in [0.25, 0.3) is 5.91 Å². The second-order valence-corrected chi connectivity index (χ2v) is 9.46. The first-order chi connectivity index (χ1) is 13.4. The first-order valence-corrected chi connectivity index (χ1v) is 10.6. The molecule has 0 saturated heterocycles. The van der Waals surface area contributed by atoms with Crippen LogP contribution in [-0.4, -0.2) is 31.6 Å². The number of benzene rings is 1. The lowest BCUT2D eigenvalue weighted by molar-refractivity contribution is -0.150. The number of ether oxygens (including phenoxy) is 2. The Morgan fingerprint density at radius 2 is 1.75 bits per heavy atom. The Bertz CT molecular complexity index is 728. The molecule has 1 aromatic carbocycles. The minimum Gasteiger partial charge on any atom is -0.482 e. The van der Waals surface area contributed by atoms with Gasteiger partial charge in [-0.05, 0) is 92.4 Å². The molecule has 4 fully saturated rings. The molecular weight excluding hydrogens is 378 g/mol. The molecule has 6 heteroatoms. The Morgan fingerprint density at radius 1 is 1.11 bits per heavy atom. The molecule has 0 heterocycles. The summed E-state index contributed by atoms with van der Waals surface area (Å²) in [7, 11) is 0. The van der Waals surface area contributed by atoms with Crippen molar-refractivity contribution in [2.45, 2.75) is 45.4 Å². The summed E-state index contributed by atoms with van der Waals surface area (Å²) in [5.74, 6) is 2.33. The number of carbonyl (C=O) groups is 2. The lowest BCUT2D eigenvalue weighted by Crippen LogP contribution is -2.51. The molecular formula is C22H28ClNO4. The predicted octanol–water partition coefficient (Wildman–Crippen LogP) is 3.90. The maximum absolute atomic E-state index is 12.2. The Morgan fingerprint density at radius 3 is 2.36 bits per heavy atom. The minimum absolute atomic E-state index is 0.230. The van der Waals surface area contributed by atoms with Crippen molar-refractivity contribution in [1.29, 1.82) is 0 Å². The normalized spacial score (nSPS) is 30.1. The van der Waals surface area contributed by atoms with Crippen LogP contribution >= 0.6 is 11.6 Å². The summed E-state index contributed by atoms with van der Waals surface area (Å²) in [4.78, 5) is 24.0. The minimum atomic E-state index is -0.558. The summed E-state index contributed by atoms with van der Waals surface area (Å²) < 4.78 is 10.4. The van der Waals surface area contributed by atoms with Crippen LogP contribution in [0.1, 0.15) is 44.1 Å². The highest BCUT2D eigenvalue weighted by Crippen LogP contribution is 2.59. The van der Waals surface area contributed by atoms with E-state index in [1.807, 2.05) is 6.92 Å². The van der Waals surface area contributed by atoms with E-state index in [2.05, 4.69) is 5.32 Å². The molecule has 4 aliphatic rings. The van der Waals surface area contributed by atoms with E-state index in [4.69, 9.17) is 21.1 Å². The smallest absolute Gasteiger partial charge is 0.344 e. The number of halogens is 1. The van der Waals surface area contributed by atoms with Crippen LogP contribution in [0.15, 0.2) is 18.2 Å². The number of amides is 1. The number of rotatable bonds is 7. The van der Waals surface area contributed by atoms with Crippen LogP contribution in [-0.2, 0) is 14.3 Å². The molecule has 1 aromatic rings. The first-order valence-electron chi connectivity index (χ1n) is 10.2. The largest absolute Gasteiger partial charge is 0.482 e. The van der Waals surface area contributed by atoms with Gasteiger partial charge in [-0.15, -0.1) is 0 Å². The van der Waals surface area contributed by atoms with Crippen molar-refractivity contribution >= 4 is 23.5 Å². The van der Waals surface area contributed by atoms with Crippen LogP contribution in [0.3, 0.4) is 0 Å². The van der Waals surface area contributed by atoms with E-state index in [1.54, 1.807) is 18.2 Å². The lowest BCUT2D eigenvalue weighted by atomic mass is 9.49. The van der Waals surface area contributed by atoms with Gasteiger partial charge < -0.3 is 14.8 Å². The van der Waals surface area contributed by atoms with Crippen molar-refractivity contribution in [2.24, 2.45) is 23.2 Å². The van der Waals surface area contributed by atoms with E-state index in [1.165, 1.54) is 38.5 Å². The molecule has 4 saturated carbocycles. The zero-order valence-corrected chi connectivity index (χ0v) is 17.1. The van der Waals surface area contributed by atoms with Gasteiger partial charge in [-0.1, -0.05) is 11.6 Å².